The van der Waals surface area contributed by atoms with E-state index < -0.39 is 17.8 Å². The van der Waals surface area contributed by atoms with Crippen molar-refractivity contribution in [2.24, 2.45) is 0 Å². The van der Waals surface area contributed by atoms with Crippen molar-refractivity contribution in [3.05, 3.63) is 93.8 Å². The monoisotopic (exact) mass is 485 g/mol. The summed E-state index contributed by atoms with van der Waals surface area (Å²) in [5, 5.41) is 5.57. The number of hydrogen-bond donors (Lipinski definition) is 2. The minimum Gasteiger partial charge on any atom is -0.361 e. The first-order valence-corrected chi connectivity index (χ1v) is 11.4. The number of hydrogen-bond acceptors (Lipinski definition) is 3. The van der Waals surface area contributed by atoms with Crippen LogP contribution in [0.3, 0.4) is 0 Å². The molecule has 5 nitrogen and oxygen atoms in total. The average Bonchev–Trinajstić information content (AvgIpc) is 3.48. The quantitative estimate of drug-likeness (QED) is 0.376. The Labute approximate surface area is 198 Å². The first kappa shape index (κ1) is 23.6. The fraction of sp³-hybridized carbons (Fsp3) is 0.200. The van der Waals surface area contributed by atoms with Crippen LogP contribution < -0.4 is 5.32 Å². The summed E-state index contributed by atoms with van der Waals surface area (Å²) in [4.78, 5) is 31.2. The molecule has 0 saturated heterocycles. The lowest BCUT2D eigenvalue weighted by molar-refractivity contribution is -0.137. The molecule has 0 saturated carbocycles. The average molecular weight is 486 g/mol. The topological polar surface area (TPSA) is 65.2 Å². The fourth-order valence-corrected chi connectivity index (χ4v) is 4.40. The molecular formula is C25H22F3N3O2S. The smallest absolute Gasteiger partial charge is 0.361 e. The number of rotatable bonds is 7. The second-order valence-electron chi connectivity index (χ2n) is 7.96. The number of thiophene rings is 1. The van der Waals surface area contributed by atoms with Crippen LogP contribution in [0, 0.1) is 0 Å². The standard InChI is InChI=1S/C25H22F3N3O2S/c1-31(15-16-8-10-18(11-9-16)25(26,27)28)24(33)21(30-23(32)22-7-4-12-34-22)13-17-14-29-20-6-3-2-5-19(17)20/h2-12,14,21,29H,13,15H2,1H3,(H,30,32)/t21-/m0/s1. The largest absolute Gasteiger partial charge is 0.416 e. The molecule has 0 aliphatic rings. The van der Waals surface area contributed by atoms with Gasteiger partial charge in [-0.25, -0.2) is 0 Å². The van der Waals surface area contributed by atoms with Gasteiger partial charge in [0, 0.05) is 37.1 Å². The summed E-state index contributed by atoms with van der Waals surface area (Å²) in [6.07, 6.45) is -2.34. The molecule has 2 aromatic heterocycles. The number of aromatic nitrogens is 1. The highest BCUT2D eigenvalue weighted by Crippen LogP contribution is 2.29. The summed E-state index contributed by atoms with van der Waals surface area (Å²) in [5.41, 5.74) is 1.61. The molecule has 0 radical (unpaired) electrons. The molecular weight excluding hydrogens is 463 g/mol. The lowest BCUT2D eigenvalue weighted by Crippen LogP contribution is -2.48. The van der Waals surface area contributed by atoms with Crippen molar-refractivity contribution < 1.29 is 22.8 Å². The number of fused-ring (bicyclic) bond motifs is 1. The molecule has 34 heavy (non-hydrogen) atoms. The minimum atomic E-state index is -4.42. The van der Waals surface area contributed by atoms with Crippen molar-refractivity contribution in [2.75, 3.05) is 7.05 Å². The number of carbonyl (C=O) groups is 2. The van der Waals surface area contributed by atoms with Gasteiger partial charge >= 0.3 is 6.18 Å². The number of aromatic amines is 1. The van der Waals surface area contributed by atoms with E-state index in [0.29, 0.717) is 10.4 Å². The molecule has 176 valence electrons. The molecule has 9 heteroatoms. The number of likely N-dealkylation sites (N-methyl/N-ethyl adjacent to an activating group) is 1. The SMILES string of the molecule is CN(Cc1ccc(C(F)(F)F)cc1)C(=O)[C@H](Cc1c[nH]c2ccccc12)NC(=O)c1cccs1. The van der Waals surface area contributed by atoms with E-state index in [-0.39, 0.29) is 24.8 Å². The number of para-hydroxylation sites is 1. The first-order chi connectivity index (χ1) is 16.2. The van der Waals surface area contributed by atoms with Crippen molar-refractivity contribution in [2.45, 2.75) is 25.2 Å². The van der Waals surface area contributed by atoms with Crippen LogP contribution in [0.2, 0.25) is 0 Å². The van der Waals surface area contributed by atoms with Crippen molar-refractivity contribution in [1.82, 2.24) is 15.2 Å². The molecule has 0 bridgehead atoms. The predicted molar refractivity (Wildman–Crippen MR) is 125 cm³/mol. The van der Waals surface area contributed by atoms with Crippen molar-refractivity contribution in [1.29, 1.82) is 0 Å². The Morgan fingerprint density at radius 3 is 2.47 bits per heavy atom. The number of carbonyl (C=O) groups excluding carboxylic acids is 2. The van der Waals surface area contributed by atoms with Gasteiger partial charge in [0.1, 0.15) is 6.04 Å². The summed E-state index contributed by atoms with van der Waals surface area (Å²) < 4.78 is 38.5. The molecule has 1 atom stereocenters. The minimum absolute atomic E-state index is 0.107. The summed E-state index contributed by atoms with van der Waals surface area (Å²) >= 11 is 1.27. The Morgan fingerprint density at radius 2 is 1.79 bits per heavy atom. The zero-order valence-electron chi connectivity index (χ0n) is 18.2. The lowest BCUT2D eigenvalue weighted by Gasteiger charge is -2.25. The van der Waals surface area contributed by atoms with E-state index in [0.717, 1.165) is 28.6 Å². The Kier molecular flexibility index (Phi) is 6.74. The Balaban J connectivity index is 1.54. The molecule has 2 aromatic carbocycles. The molecule has 4 aromatic rings. The second kappa shape index (κ2) is 9.72. The third-order valence-corrected chi connectivity index (χ3v) is 6.39. The summed E-state index contributed by atoms with van der Waals surface area (Å²) in [5.74, 6) is -0.689. The maximum Gasteiger partial charge on any atom is 0.416 e. The van der Waals surface area contributed by atoms with E-state index >= 15 is 0 Å². The third kappa shape index (κ3) is 5.31. The van der Waals surface area contributed by atoms with Gasteiger partial charge in [-0.2, -0.15) is 13.2 Å². The van der Waals surface area contributed by atoms with Crippen LogP contribution >= 0.6 is 11.3 Å². The van der Waals surface area contributed by atoms with Gasteiger partial charge in [-0.05, 0) is 40.8 Å². The van der Waals surface area contributed by atoms with Crippen molar-refractivity contribution in [3.8, 4) is 0 Å². The highest BCUT2D eigenvalue weighted by atomic mass is 32.1. The molecule has 4 rings (SSSR count). The number of H-pyrrole nitrogens is 1. The highest BCUT2D eigenvalue weighted by Gasteiger charge is 2.30. The maximum absolute atomic E-state index is 13.4. The van der Waals surface area contributed by atoms with Gasteiger partial charge in [0.05, 0.1) is 10.4 Å². The maximum atomic E-state index is 13.4. The Hall–Kier alpha value is -3.59. The molecule has 0 fully saturated rings. The molecule has 0 aliphatic heterocycles. The number of halogens is 3. The van der Waals surface area contributed by atoms with E-state index in [2.05, 4.69) is 10.3 Å². The number of nitrogens with zero attached hydrogens (tertiary/aromatic N) is 1. The van der Waals surface area contributed by atoms with E-state index in [1.54, 1.807) is 24.6 Å². The molecule has 0 aliphatic carbocycles. The van der Waals surface area contributed by atoms with Crippen LogP contribution in [0.15, 0.2) is 72.2 Å². The lowest BCUT2D eigenvalue weighted by atomic mass is 10.0. The van der Waals surface area contributed by atoms with Gasteiger partial charge in [0.15, 0.2) is 0 Å². The summed E-state index contributed by atoms with van der Waals surface area (Å²) in [6.45, 7) is 0.107. The Bertz CT molecular complexity index is 1280. The zero-order valence-corrected chi connectivity index (χ0v) is 19.0. The molecule has 2 N–H and O–H groups in total. The van der Waals surface area contributed by atoms with Gasteiger partial charge in [-0.1, -0.05) is 36.4 Å². The summed E-state index contributed by atoms with van der Waals surface area (Å²) in [7, 11) is 1.57. The van der Waals surface area contributed by atoms with Crippen LogP contribution in [0.4, 0.5) is 13.2 Å². The van der Waals surface area contributed by atoms with Crippen molar-refractivity contribution >= 4 is 34.1 Å². The number of amides is 2. The van der Waals surface area contributed by atoms with E-state index in [9.17, 15) is 22.8 Å². The van der Waals surface area contributed by atoms with E-state index in [1.165, 1.54) is 28.4 Å². The molecule has 2 amide bonds. The zero-order chi connectivity index (χ0) is 24.3. The van der Waals surface area contributed by atoms with E-state index in [1.807, 2.05) is 30.5 Å². The van der Waals surface area contributed by atoms with E-state index in [4.69, 9.17) is 0 Å². The second-order valence-corrected chi connectivity index (χ2v) is 8.90. The first-order valence-electron chi connectivity index (χ1n) is 10.5. The number of alkyl halides is 3. The Morgan fingerprint density at radius 1 is 1.06 bits per heavy atom. The normalized spacial score (nSPS) is 12.5. The van der Waals surface area contributed by atoms with Crippen LogP contribution in [0.5, 0.6) is 0 Å². The molecule has 2 heterocycles. The predicted octanol–water partition coefficient (Wildman–Crippen LogP) is 5.25. The van der Waals surface area contributed by atoms with Crippen LogP contribution in [-0.4, -0.2) is 34.8 Å². The highest BCUT2D eigenvalue weighted by molar-refractivity contribution is 7.12. The van der Waals surface area contributed by atoms with Crippen molar-refractivity contribution in [3.63, 3.8) is 0 Å². The fourth-order valence-electron chi connectivity index (χ4n) is 3.77. The van der Waals surface area contributed by atoms with Gasteiger partial charge in [0.2, 0.25) is 5.91 Å². The van der Waals surface area contributed by atoms with Crippen LogP contribution in [-0.2, 0) is 23.9 Å². The number of benzene rings is 2. The van der Waals surface area contributed by atoms with Crippen LogP contribution in [0.1, 0.15) is 26.4 Å². The van der Waals surface area contributed by atoms with Gasteiger partial charge in [-0.15, -0.1) is 11.3 Å². The van der Waals surface area contributed by atoms with Crippen LogP contribution in [0.25, 0.3) is 10.9 Å². The van der Waals surface area contributed by atoms with Gasteiger partial charge in [-0.3, -0.25) is 9.59 Å². The number of nitrogens with one attached hydrogen (secondary N) is 2. The van der Waals surface area contributed by atoms with Gasteiger partial charge in [0.25, 0.3) is 5.91 Å². The van der Waals surface area contributed by atoms with Gasteiger partial charge < -0.3 is 15.2 Å². The molecule has 0 unspecified atom stereocenters. The molecule has 0 spiro atoms. The summed E-state index contributed by atoms with van der Waals surface area (Å²) in [6, 6.07) is 15.0. The third-order valence-electron chi connectivity index (χ3n) is 5.52.